The van der Waals surface area contributed by atoms with E-state index in [4.69, 9.17) is 4.74 Å². The van der Waals surface area contributed by atoms with Crippen LogP contribution in [-0.2, 0) is 4.74 Å². The van der Waals surface area contributed by atoms with Crippen LogP contribution >= 0.6 is 21.6 Å². The standard InChI is InChI=1S/C9H11NOS2/c1-11-9(13-12-2)10-8-6-4-3-5-7-8/h3-7H,1-2H3. The smallest absolute Gasteiger partial charge is 0.261 e. The summed E-state index contributed by atoms with van der Waals surface area (Å²) in [5, 5.41) is 0.679. The van der Waals surface area contributed by atoms with Gasteiger partial charge in [0.05, 0.1) is 12.8 Å². The minimum Gasteiger partial charge on any atom is -0.476 e. The molecule has 0 aliphatic heterocycles. The third kappa shape index (κ3) is 3.74. The summed E-state index contributed by atoms with van der Waals surface area (Å²) in [4.78, 5) is 4.30. The summed E-state index contributed by atoms with van der Waals surface area (Å²) in [6.07, 6.45) is 1.99. The average Bonchev–Trinajstić information content (AvgIpc) is 2.19. The second-order valence-corrected chi connectivity index (χ2v) is 4.52. The molecule has 1 rings (SSSR count). The Morgan fingerprint density at radius 2 is 2.00 bits per heavy atom. The number of rotatable bonds is 2. The van der Waals surface area contributed by atoms with E-state index >= 15 is 0 Å². The number of benzene rings is 1. The van der Waals surface area contributed by atoms with Gasteiger partial charge in [0.25, 0.3) is 5.23 Å². The number of nitrogens with zero attached hydrogens (tertiary/aromatic N) is 1. The van der Waals surface area contributed by atoms with Crippen molar-refractivity contribution in [2.24, 2.45) is 4.99 Å². The van der Waals surface area contributed by atoms with Crippen LogP contribution < -0.4 is 0 Å². The molecule has 0 aliphatic rings. The number of hydrogen-bond donors (Lipinski definition) is 0. The Balaban J connectivity index is 2.73. The van der Waals surface area contributed by atoms with Crippen molar-refractivity contribution < 1.29 is 4.74 Å². The van der Waals surface area contributed by atoms with E-state index in [0.29, 0.717) is 5.23 Å². The van der Waals surface area contributed by atoms with E-state index in [1.807, 2.05) is 36.6 Å². The van der Waals surface area contributed by atoms with E-state index in [1.165, 1.54) is 10.8 Å². The first-order valence-corrected chi connectivity index (χ1v) is 6.31. The molecule has 0 radical (unpaired) electrons. The molecule has 1 aromatic carbocycles. The summed E-state index contributed by atoms with van der Waals surface area (Å²) >= 11 is 0. The molecular formula is C9H11NOS2. The molecule has 0 saturated heterocycles. The first-order valence-electron chi connectivity index (χ1n) is 3.75. The number of aliphatic imine (C=N–C) groups is 1. The molecular weight excluding hydrogens is 202 g/mol. The van der Waals surface area contributed by atoms with Crippen molar-refractivity contribution >= 4 is 32.5 Å². The number of ether oxygens (including phenoxy) is 1. The van der Waals surface area contributed by atoms with Crippen LogP contribution in [0.5, 0.6) is 0 Å². The van der Waals surface area contributed by atoms with E-state index in [2.05, 4.69) is 4.99 Å². The Morgan fingerprint density at radius 3 is 2.54 bits per heavy atom. The highest BCUT2D eigenvalue weighted by atomic mass is 33.1. The molecule has 0 spiro atoms. The molecule has 70 valence electrons. The fourth-order valence-corrected chi connectivity index (χ4v) is 1.87. The van der Waals surface area contributed by atoms with Crippen LogP contribution in [0.4, 0.5) is 5.69 Å². The zero-order valence-electron chi connectivity index (χ0n) is 7.56. The maximum Gasteiger partial charge on any atom is 0.261 e. The van der Waals surface area contributed by atoms with E-state index < -0.39 is 0 Å². The molecule has 0 atom stereocenters. The molecule has 0 aromatic heterocycles. The van der Waals surface area contributed by atoms with Crippen LogP contribution in [0.1, 0.15) is 0 Å². The lowest BCUT2D eigenvalue weighted by molar-refractivity contribution is 0.417. The summed E-state index contributed by atoms with van der Waals surface area (Å²) in [6, 6.07) is 9.76. The average molecular weight is 213 g/mol. The van der Waals surface area contributed by atoms with Gasteiger partial charge in [-0.15, -0.1) is 0 Å². The van der Waals surface area contributed by atoms with E-state index in [9.17, 15) is 0 Å². The quantitative estimate of drug-likeness (QED) is 0.427. The van der Waals surface area contributed by atoms with Gasteiger partial charge in [-0.05, 0) is 18.4 Å². The van der Waals surface area contributed by atoms with E-state index in [0.717, 1.165) is 5.69 Å². The predicted octanol–water partition coefficient (Wildman–Crippen LogP) is 3.33. The highest BCUT2D eigenvalue weighted by Crippen LogP contribution is 2.22. The Hall–Kier alpha value is -0.610. The van der Waals surface area contributed by atoms with Crippen molar-refractivity contribution in [2.75, 3.05) is 13.4 Å². The third-order valence-electron chi connectivity index (χ3n) is 1.31. The van der Waals surface area contributed by atoms with Crippen molar-refractivity contribution in [3.8, 4) is 0 Å². The maximum atomic E-state index is 5.09. The second-order valence-electron chi connectivity index (χ2n) is 2.17. The molecule has 0 amide bonds. The van der Waals surface area contributed by atoms with Crippen molar-refractivity contribution in [1.82, 2.24) is 0 Å². The normalized spacial score (nSPS) is 11.4. The van der Waals surface area contributed by atoms with Gasteiger partial charge in [-0.25, -0.2) is 4.99 Å². The highest BCUT2D eigenvalue weighted by molar-refractivity contribution is 8.81. The minimum absolute atomic E-state index is 0.679. The largest absolute Gasteiger partial charge is 0.476 e. The molecule has 0 N–H and O–H groups in total. The van der Waals surface area contributed by atoms with Crippen molar-refractivity contribution in [1.29, 1.82) is 0 Å². The molecule has 4 heteroatoms. The fraction of sp³-hybridized carbons (Fsp3) is 0.222. The monoisotopic (exact) mass is 213 g/mol. The van der Waals surface area contributed by atoms with Crippen molar-refractivity contribution in [2.45, 2.75) is 0 Å². The van der Waals surface area contributed by atoms with Gasteiger partial charge in [-0.3, -0.25) is 0 Å². The maximum absolute atomic E-state index is 5.09. The van der Waals surface area contributed by atoms with Crippen LogP contribution in [0.25, 0.3) is 0 Å². The summed E-state index contributed by atoms with van der Waals surface area (Å²) < 4.78 is 5.09. The summed E-state index contributed by atoms with van der Waals surface area (Å²) in [7, 11) is 4.76. The summed E-state index contributed by atoms with van der Waals surface area (Å²) in [5.41, 5.74) is 0.918. The highest BCUT2D eigenvalue weighted by Gasteiger charge is 1.97. The molecule has 0 unspecified atom stereocenters. The number of hydrogen-bond acceptors (Lipinski definition) is 4. The third-order valence-corrected chi connectivity index (χ3v) is 2.80. The lowest BCUT2D eigenvalue weighted by atomic mass is 10.3. The van der Waals surface area contributed by atoms with Gasteiger partial charge in [0, 0.05) is 10.8 Å². The van der Waals surface area contributed by atoms with Gasteiger partial charge in [0.2, 0.25) is 0 Å². The lowest BCUT2D eigenvalue weighted by Crippen LogP contribution is -1.91. The Morgan fingerprint density at radius 1 is 1.31 bits per heavy atom. The van der Waals surface area contributed by atoms with Gasteiger partial charge in [-0.1, -0.05) is 29.0 Å². The van der Waals surface area contributed by atoms with Gasteiger partial charge < -0.3 is 4.74 Å². The number of methoxy groups -OCH3 is 1. The van der Waals surface area contributed by atoms with Gasteiger partial charge in [0.15, 0.2) is 0 Å². The Kier molecular flexibility index (Phi) is 4.78. The lowest BCUT2D eigenvalue weighted by Gasteiger charge is -2.00. The van der Waals surface area contributed by atoms with Gasteiger partial charge in [0.1, 0.15) is 0 Å². The molecule has 0 aliphatic carbocycles. The van der Waals surface area contributed by atoms with E-state index in [-0.39, 0.29) is 0 Å². The van der Waals surface area contributed by atoms with Crippen molar-refractivity contribution in [3.05, 3.63) is 30.3 Å². The molecule has 1 aromatic rings. The zero-order valence-corrected chi connectivity index (χ0v) is 9.19. The van der Waals surface area contributed by atoms with Gasteiger partial charge in [-0.2, -0.15) is 0 Å². The first-order chi connectivity index (χ1) is 6.36. The summed E-state index contributed by atoms with van der Waals surface area (Å²) in [6.45, 7) is 0. The Bertz CT molecular complexity index is 274. The predicted molar refractivity (Wildman–Crippen MR) is 61.7 cm³/mol. The molecule has 0 bridgehead atoms. The zero-order chi connectivity index (χ0) is 9.52. The summed E-state index contributed by atoms with van der Waals surface area (Å²) in [5.74, 6) is 0. The second kappa shape index (κ2) is 5.94. The minimum atomic E-state index is 0.679. The molecule has 13 heavy (non-hydrogen) atoms. The van der Waals surface area contributed by atoms with Crippen LogP contribution in [-0.4, -0.2) is 18.6 Å². The molecule has 0 heterocycles. The fourth-order valence-electron chi connectivity index (χ4n) is 0.778. The van der Waals surface area contributed by atoms with Crippen molar-refractivity contribution in [3.63, 3.8) is 0 Å². The van der Waals surface area contributed by atoms with E-state index in [1.54, 1.807) is 17.9 Å². The Labute approximate surface area is 86.2 Å². The van der Waals surface area contributed by atoms with Crippen LogP contribution in [0, 0.1) is 0 Å². The molecule has 2 nitrogen and oxygen atoms in total. The number of para-hydroxylation sites is 1. The van der Waals surface area contributed by atoms with Crippen LogP contribution in [0.3, 0.4) is 0 Å². The topological polar surface area (TPSA) is 21.6 Å². The molecule has 0 fully saturated rings. The SMILES string of the molecule is COC(=Nc1ccccc1)SSC. The van der Waals surface area contributed by atoms with Crippen LogP contribution in [0.2, 0.25) is 0 Å². The van der Waals surface area contributed by atoms with Gasteiger partial charge >= 0.3 is 0 Å². The first kappa shape index (κ1) is 10.5. The van der Waals surface area contributed by atoms with Crippen LogP contribution in [0.15, 0.2) is 35.3 Å². The molecule has 0 saturated carbocycles.